The van der Waals surface area contributed by atoms with Crippen molar-refractivity contribution in [2.45, 2.75) is 13.0 Å². The summed E-state index contributed by atoms with van der Waals surface area (Å²) in [6, 6.07) is 9.29. The molecule has 3 aromatic rings. The van der Waals surface area contributed by atoms with Gasteiger partial charge in [0.15, 0.2) is 0 Å². The van der Waals surface area contributed by atoms with Crippen molar-refractivity contribution in [1.82, 2.24) is 9.55 Å². The number of nitrogens with zero attached hydrogens (tertiary/aromatic N) is 3. The summed E-state index contributed by atoms with van der Waals surface area (Å²) in [5.74, 6) is -1.78. The number of hydrogen-bond donors (Lipinski definition) is 2. The number of nitro benzene ring substituents is 1. The average molecular weight is 397 g/mol. The minimum Gasteiger partial charge on any atom is -0.337 e. The predicted octanol–water partition coefficient (Wildman–Crippen LogP) is 3.21. The number of amides is 2. The number of aromatic nitrogens is 2. The number of nitro groups is 1. The van der Waals surface area contributed by atoms with E-state index in [0.717, 1.165) is 12.1 Å². The molecule has 0 spiro atoms. The lowest BCUT2D eigenvalue weighted by Crippen LogP contribution is -2.16. The molecule has 0 aliphatic heterocycles. The zero-order valence-electron chi connectivity index (χ0n) is 15.0. The molecular formula is C19H16FN5O4. The molecule has 29 heavy (non-hydrogen) atoms. The van der Waals surface area contributed by atoms with Gasteiger partial charge >= 0.3 is 5.69 Å². The number of anilines is 2. The minimum atomic E-state index is -0.992. The van der Waals surface area contributed by atoms with Crippen molar-refractivity contribution in [3.63, 3.8) is 0 Å². The van der Waals surface area contributed by atoms with Crippen LogP contribution in [0.25, 0.3) is 0 Å². The summed E-state index contributed by atoms with van der Waals surface area (Å²) < 4.78 is 15.2. The molecule has 3 rings (SSSR count). The molecule has 0 aliphatic rings. The number of imidazole rings is 1. The highest BCUT2D eigenvalue weighted by molar-refractivity contribution is 6.05. The van der Waals surface area contributed by atoms with E-state index < -0.39 is 22.3 Å². The van der Waals surface area contributed by atoms with E-state index in [1.54, 1.807) is 35.4 Å². The molecule has 2 aromatic carbocycles. The van der Waals surface area contributed by atoms with Gasteiger partial charge in [-0.05, 0) is 30.3 Å². The van der Waals surface area contributed by atoms with Crippen LogP contribution in [0, 0.1) is 15.9 Å². The lowest BCUT2D eigenvalue weighted by Gasteiger charge is -2.09. The Morgan fingerprint density at radius 3 is 2.66 bits per heavy atom. The standard InChI is InChI=1S/C19H16FN5O4/c20-16-5-4-15(11-17(16)25(28)29)23-19(27)13-2-1-3-14(10-13)22-18(26)6-8-24-9-7-21-12-24/h1-5,7,9-12H,6,8H2,(H,22,26)(H,23,27). The molecule has 0 unspecified atom stereocenters. The molecule has 0 fully saturated rings. The topological polar surface area (TPSA) is 119 Å². The summed E-state index contributed by atoms with van der Waals surface area (Å²) in [7, 11) is 0. The van der Waals surface area contributed by atoms with Crippen LogP contribution in [0.4, 0.5) is 21.5 Å². The van der Waals surface area contributed by atoms with Crippen LogP contribution in [0.15, 0.2) is 61.2 Å². The third-order valence-electron chi connectivity index (χ3n) is 3.97. The third-order valence-corrected chi connectivity index (χ3v) is 3.97. The summed E-state index contributed by atoms with van der Waals surface area (Å²) in [6.45, 7) is 0.468. The van der Waals surface area contributed by atoms with E-state index in [-0.39, 0.29) is 23.6 Å². The maximum Gasteiger partial charge on any atom is 0.306 e. The van der Waals surface area contributed by atoms with Crippen LogP contribution < -0.4 is 10.6 Å². The summed E-state index contributed by atoms with van der Waals surface area (Å²) in [6.07, 6.45) is 5.21. The zero-order chi connectivity index (χ0) is 20.8. The Kier molecular flexibility index (Phi) is 5.93. The number of aryl methyl sites for hydroxylation is 1. The van der Waals surface area contributed by atoms with Gasteiger partial charge in [0, 0.05) is 48.4 Å². The molecule has 0 aliphatic carbocycles. The first-order valence-electron chi connectivity index (χ1n) is 8.53. The Bertz CT molecular complexity index is 1050. The second kappa shape index (κ2) is 8.74. The summed E-state index contributed by atoms with van der Waals surface area (Å²) >= 11 is 0. The maximum atomic E-state index is 13.4. The van der Waals surface area contributed by atoms with E-state index in [1.807, 2.05) is 0 Å². The molecule has 1 heterocycles. The van der Waals surface area contributed by atoms with Crippen LogP contribution in [0.2, 0.25) is 0 Å². The first kappa shape index (κ1) is 19.7. The van der Waals surface area contributed by atoms with E-state index in [9.17, 15) is 24.1 Å². The van der Waals surface area contributed by atoms with Crippen molar-refractivity contribution in [1.29, 1.82) is 0 Å². The van der Waals surface area contributed by atoms with Gasteiger partial charge in [-0.2, -0.15) is 4.39 Å². The van der Waals surface area contributed by atoms with Crippen molar-refractivity contribution in [3.05, 3.63) is 82.7 Å². The van der Waals surface area contributed by atoms with Crippen LogP contribution in [0.1, 0.15) is 16.8 Å². The first-order chi connectivity index (χ1) is 13.9. The van der Waals surface area contributed by atoms with Crippen LogP contribution in [-0.2, 0) is 11.3 Å². The fourth-order valence-corrected chi connectivity index (χ4v) is 2.54. The van der Waals surface area contributed by atoms with E-state index >= 15 is 0 Å². The molecule has 0 atom stereocenters. The molecule has 0 bridgehead atoms. The van der Waals surface area contributed by atoms with Crippen molar-refractivity contribution < 1.29 is 18.9 Å². The van der Waals surface area contributed by atoms with Gasteiger partial charge in [0.2, 0.25) is 11.7 Å². The molecule has 0 radical (unpaired) electrons. The van der Waals surface area contributed by atoms with Gasteiger partial charge in [0.25, 0.3) is 5.91 Å². The Hall–Kier alpha value is -4.08. The van der Waals surface area contributed by atoms with Gasteiger partial charge < -0.3 is 15.2 Å². The molecule has 0 saturated carbocycles. The molecule has 2 amide bonds. The van der Waals surface area contributed by atoms with Gasteiger partial charge in [-0.1, -0.05) is 6.07 Å². The molecule has 9 nitrogen and oxygen atoms in total. The summed E-state index contributed by atoms with van der Waals surface area (Å²) in [5, 5.41) is 16.0. The Morgan fingerprint density at radius 2 is 1.93 bits per heavy atom. The molecule has 10 heteroatoms. The smallest absolute Gasteiger partial charge is 0.306 e. The number of benzene rings is 2. The second-order valence-corrected chi connectivity index (χ2v) is 6.06. The highest BCUT2D eigenvalue weighted by atomic mass is 19.1. The summed E-state index contributed by atoms with van der Waals surface area (Å²) in [5.41, 5.74) is 0.00216. The lowest BCUT2D eigenvalue weighted by molar-refractivity contribution is -0.387. The van der Waals surface area contributed by atoms with Crippen LogP contribution in [0.3, 0.4) is 0 Å². The Labute approximate surface area is 164 Å². The fourth-order valence-electron chi connectivity index (χ4n) is 2.54. The van der Waals surface area contributed by atoms with E-state index in [4.69, 9.17) is 0 Å². The van der Waals surface area contributed by atoms with Gasteiger partial charge in [0.05, 0.1) is 11.3 Å². The number of carbonyl (C=O) groups is 2. The highest BCUT2D eigenvalue weighted by Gasteiger charge is 2.16. The Morgan fingerprint density at radius 1 is 1.14 bits per heavy atom. The van der Waals surface area contributed by atoms with Gasteiger partial charge in [-0.3, -0.25) is 19.7 Å². The Balaban J connectivity index is 1.64. The van der Waals surface area contributed by atoms with Crippen molar-refractivity contribution in [2.24, 2.45) is 0 Å². The van der Waals surface area contributed by atoms with Crippen LogP contribution >= 0.6 is 0 Å². The number of hydrogen-bond acceptors (Lipinski definition) is 5. The van der Waals surface area contributed by atoms with Crippen molar-refractivity contribution >= 4 is 28.9 Å². The van der Waals surface area contributed by atoms with Crippen molar-refractivity contribution in [3.8, 4) is 0 Å². The monoisotopic (exact) mass is 397 g/mol. The second-order valence-electron chi connectivity index (χ2n) is 6.06. The first-order valence-corrected chi connectivity index (χ1v) is 8.53. The largest absolute Gasteiger partial charge is 0.337 e. The van der Waals surface area contributed by atoms with Gasteiger partial charge in [0.1, 0.15) is 0 Å². The SMILES string of the molecule is O=C(CCn1ccnc1)Nc1cccc(C(=O)Nc2ccc(F)c([N+](=O)[O-])c2)c1. The zero-order valence-corrected chi connectivity index (χ0v) is 15.0. The minimum absolute atomic E-state index is 0.0814. The number of halogens is 1. The van der Waals surface area contributed by atoms with Gasteiger partial charge in [-0.15, -0.1) is 0 Å². The highest BCUT2D eigenvalue weighted by Crippen LogP contribution is 2.22. The normalized spacial score (nSPS) is 10.4. The van der Waals surface area contributed by atoms with E-state index in [0.29, 0.717) is 12.2 Å². The number of rotatable bonds is 7. The van der Waals surface area contributed by atoms with Crippen molar-refractivity contribution in [2.75, 3.05) is 10.6 Å². The predicted molar refractivity (Wildman–Crippen MR) is 103 cm³/mol. The van der Waals surface area contributed by atoms with Gasteiger partial charge in [-0.25, -0.2) is 4.98 Å². The molecule has 148 valence electrons. The summed E-state index contributed by atoms with van der Waals surface area (Å²) in [4.78, 5) is 38.3. The number of nitrogens with one attached hydrogen (secondary N) is 2. The lowest BCUT2D eigenvalue weighted by atomic mass is 10.1. The fraction of sp³-hybridized carbons (Fsp3) is 0.105. The van der Waals surface area contributed by atoms with Crippen LogP contribution in [-0.4, -0.2) is 26.3 Å². The van der Waals surface area contributed by atoms with E-state index in [2.05, 4.69) is 15.6 Å². The molecule has 1 aromatic heterocycles. The average Bonchev–Trinajstić information content (AvgIpc) is 3.21. The number of carbonyl (C=O) groups excluding carboxylic acids is 2. The maximum absolute atomic E-state index is 13.4. The quantitative estimate of drug-likeness (QED) is 0.469. The molecule has 0 saturated heterocycles. The third kappa shape index (κ3) is 5.22. The van der Waals surface area contributed by atoms with E-state index in [1.165, 1.54) is 18.2 Å². The molecular weight excluding hydrogens is 381 g/mol. The molecule has 2 N–H and O–H groups in total. The van der Waals surface area contributed by atoms with Crippen LogP contribution in [0.5, 0.6) is 0 Å².